The van der Waals surface area contributed by atoms with Crippen LogP contribution in [0.2, 0.25) is 0 Å². The quantitative estimate of drug-likeness (QED) is 0.192. The Labute approximate surface area is 281 Å². The van der Waals surface area contributed by atoms with Crippen LogP contribution in [-0.4, -0.2) is 9.13 Å². The van der Waals surface area contributed by atoms with Crippen molar-refractivity contribution in [1.29, 1.82) is 0 Å². The first kappa shape index (κ1) is 26.5. The molecule has 11 aromatic rings. The van der Waals surface area contributed by atoms with Crippen LogP contribution in [0.4, 0.5) is 0 Å². The van der Waals surface area contributed by atoms with Crippen molar-refractivity contribution in [3.05, 3.63) is 170 Å². The minimum Gasteiger partial charge on any atom is -0.456 e. The fourth-order valence-electron chi connectivity index (χ4n) is 8.17. The predicted octanol–water partition coefficient (Wildman–Crippen LogP) is 12.6. The summed E-state index contributed by atoms with van der Waals surface area (Å²) in [5.41, 5.74) is 11.3. The molecule has 0 aliphatic carbocycles. The third-order valence-corrected chi connectivity index (χ3v) is 10.3. The average molecular weight is 625 g/mol. The van der Waals surface area contributed by atoms with Gasteiger partial charge in [0.05, 0.1) is 22.1 Å². The summed E-state index contributed by atoms with van der Waals surface area (Å²) in [5, 5.41) is 9.74. The van der Waals surface area contributed by atoms with Gasteiger partial charge in [0.25, 0.3) is 0 Å². The number of hydrogen-bond donors (Lipinski definition) is 0. The molecule has 3 heteroatoms. The Kier molecular flexibility index (Phi) is 5.38. The van der Waals surface area contributed by atoms with Crippen LogP contribution in [0.5, 0.6) is 0 Å². The molecule has 49 heavy (non-hydrogen) atoms. The van der Waals surface area contributed by atoms with Gasteiger partial charge in [-0.05, 0) is 82.6 Å². The number of furan rings is 1. The molecule has 0 aliphatic rings. The molecular weight excluding hydrogens is 597 g/mol. The lowest BCUT2D eigenvalue weighted by molar-refractivity contribution is 0.669. The van der Waals surface area contributed by atoms with Gasteiger partial charge in [-0.25, -0.2) is 0 Å². The van der Waals surface area contributed by atoms with Crippen molar-refractivity contribution in [2.45, 2.75) is 0 Å². The highest BCUT2D eigenvalue weighted by Crippen LogP contribution is 2.43. The molecule has 0 bridgehead atoms. The fraction of sp³-hybridized carbons (Fsp3) is 0. The number of hydrogen-bond acceptors (Lipinski definition) is 1. The van der Waals surface area contributed by atoms with Gasteiger partial charge >= 0.3 is 0 Å². The molecule has 0 amide bonds. The van der Waals surface area contributed by atoms with E-state index in [9.17, 15) is 0 Å². The first-order chi connectivity index (χ1) is 24.3. The lowest BCUT2D eigenvalue weighted by Crippen LogP contribution is -1.95. The van der Waals surface area contributed by atoms with E-state index in [4.69, 9.17) is 4.42 Å². The highest BCUT2D eigenvalue weighted by atomic mass is 16.3. The monoisotopic (exact) mass is 624 g/mol. The molecule has 3 nitrogen and oxygen atoms in total. The molecule has 3 aromatic heterocycles. The first-order valence-corrected chi connectivity index (χ1v) is 16.8. The maximum atomic E-state index is 6.39. The van der Waals surface area contributed by atoms with E-state index in [0.717, 1.165) is 38.9 Å². The number of para-hydroxylation sites is 3. The molecule has 3 heterocycles. The van der Waals surface area contributed by atoms with Crippen molar-refractivity contribution < 1.29 is 4.42 Å². The Bertz CT molecular complexity index is 3090. The Morgan fingerprint density at radius 1 is 0.367 bits per heavy atom. The zero-order chi connectivity index (χ0) is 32.1. The minimum absolute atomic E-state index is 0.909. The van der Waals surface area contributed by atoms with E-state index in [1.54, 1.807) is 0 Å². The lowest BCUT2D eigenvalue weighted by Gasteiger charge is -2.11. The van der Waals surface area contributed by atoms with E-state index in [1.807, 2.05) is 0 Å². The number of aromatic nitrogens is 2. The van der Waals surface area contributed by atoms with E-state index in [2.05, 4.69) is 179 Å². The van der Waals surface area contributed by atoms with Crippen LogP contribution >= 0.6 is 0 Å². The topological polar surface area (TPSA) is 23.0 Å². The smallest absolute Gasteiger partial charge is 0.136 e. The van der Waals surface area contributed by atoms with Gasteiger partial charge in [0.1, 0.15) is 11.2 Å². The molecule has 0 unspecified atom stereocenters. The van der Waals surface area contributed by atoms with Crippen LogP contribution in [0.3, 0.4) is 0 Å². The van der Waals surface area contributed by atoms with Crippen molar-refractivity contribution in [2.75, 3.05) is 0 Å². The van der Waals surface area contributed by atoms with E-state index in [1.165, 1.54) is 59.9 Å². The van der Waals surface area contributed by atoms with Crippen LogP contribution < -0.4 is 0 Å². The van der Waals surface area contributed by atoms with E-state index >= 15 is 0 Å². The second kappa shape index (κ2) is 9.96. The summed E-state index contributed by atoms with van der Waals surface area (Å²) < 4.78 is 11.2. The van der Waals surface area contributed by atoms with Crippen molar-refractivity contribution in [1.82, 2.24) is 9.13 Å². The van der Waals surface area contributed by atoms with Crippen LogP contribution in [0.1, 0.15) is 0 Å². The van der Waals surface area contributed by atoms with Gasteiger partial charge in [-0.3, -0.25) is 0 Å². The van der Waals surface area contributed by atoms with E-state index in [-0.39, 0.29) is 0 Å². The molecule has 0 N–H and O–H groups in total. The van der Waals surface area contributed by atoms with Gasteiger partial charge in [0.2, 0.25) is 0 Å². The molecule has 8 aromatic carbocycles. The van der Waals surface area contributed by atoms with Crippen molar-refractivity contribution in [3.63, 3.8) is 0 Å². The molecule has 11 rings (SSSR count). The molecule has 0 radical (unpaired) electrons. The van der Waals surface area contributed by atoms with Gasteiger partial charge in [-0.15, -0.1) is 0 Å². The van der Waals surface area contributed by atoms with E-state index in [0.29, 0.717) is 0 Å². The van der Waals surface area contributed by atoms with E-state index < -0.39 is 0 Å². The van der Waals surface area contributed by atoms with Gasteiger partial charge in [-0.2, -0.15) is 0 Å². The van der Waals surface area contributed by atoms with Crippen molar-refractivity contribution in [2.24, 2.45) is 0 Å². The van der Waals surface area contributed by atoms with Gasteiger partial charge < -0.3 is 13.6 Å². The second-order valence-electron chi connectivity index (χ2n) is 12.9. The van der Waals surface area contributed by atoms with Crippen LogP contribution in [0, 0.1) is 0 Å². The number of rotatable bonds is 3. The Morgan fingerprint density at radius 3 is 1.86 bits per heavy atom. The standard InChI is InChI=1S/C46H28N2O/c1-2-13-32(14-3-1)48-39-18-8-6-15-35(39)36-25-26-41-45(46(36)48)37-16-7-9-19-40(37)47(41)33-23-21-29(22-24-33)34-17-10-20-42-44(34)38-27-30-11-4-5-12-31(30)28-43(38)49-42/h1-28H. The summed E-state index contributed by atoms with van der Waals surface area (Å²) in [7, 11) is 0. The summed E-state index contributed by atoms with van der Waals surface area (Å²) >= 11 is 0. The number of fused-ring (bicyclic) bond motifs is 11. The molecule has 0 saturated heterocycles. The maximum absolute atomic E-state index is 6.39. The van der Waals surface area contributed by atoms with Crippen molar-refractivity contribution >= 4 is 76.3 Å². The van der Waals surface area contributed by atoms with Gasteiger partial charge in [0, 0.05) is 43.7 Å². The van der Waals surface area contributed by atoms with Gasteiger partial charge in [-0.1, -0.05) is 109 Å². The Balaban J connectivity index is 1.15. The molecule has 0 aliphatic heterocycles. The highest BCUT2D eigenvalue weighted by Gasteiger charge is 2.21. The Hall–Kier alpha value is -6.58. The molecule has 0 atom stereocenters. The average Bonchev–Trinajstić information content (AvgIpc) is 3.81. The summed E-state index contributed by atoms with van der Waals surface area (Å²) in [5.74, 6) is 0. The zero-order valence-electron chi connectivity index (χ0n) is 26.5. The van der Waals surface area contributed by atoms with Crippen LogP contribution in [0.15, 0.2) is 174 Å². The summed E-state index contributed by atoms with van der Waals surface area (Å²) in [4.78, 5) is 0. The third kappa shape index (κ3) is 3.73. The number of benzene rings is 8. The molecule has 0 saturated carbocycles. The summed E-state index contributed by atoms with van der Waals surface area (Å²) in [6, 6.07) is 61.2. The summed E-state index contributed by atoms with van der Waals surface area (Å²) in [6.07, 6.45) is 0. The fourth-order valence-corrected chi connectivity index (χ4v) is 8.17. The minimum atomic E-state index is 0.909. The maximum Gasteiger partial charge on any atom is 0.136 e. The summed E-state index contributed by atoms with van der Waals surface area (Å²) in [6.45, 7) is 0. The predicted molar refractivity (Wildman–Crippen MR) is 205 cm³/mol. The Morgan fingerprint density at radius 2 is 1.04 bits per heavy atom. The molecule has 0 fully saturated rings. The first-order valence-electron chi connectivity index (χ1n) is 16.8. The normalized spacial score (nSPS) is 12.1. The third-order valence-electron chi connectivity index (χ3n) is 10.3. The van der Waals surface area contributed by atoms with Crippen LogP contribution in [-0.2, 0) is 0 Å². The largest absolute Gasteiger partial charge is 0.456 e. The molecular formula is C46H28N2O. The second-order valence-corrected chi connectivity index (χ2v) is 12.9. The van der Waals surface area contributed by atoms with Crippen LogP contribution in [0.25, 0.3) is 98.8 Å². The SMILES string of the molecule is c1ccc(-n2c3ccccc3c3ccc4c(c5ccccc5n4-c4ccc(-c5cccc6oc7cc8ccccc8cc7c56)cc4)c32)cc1. The number of nitrogens with zero attached hydrogens (tertiary/aromatic N) is 2. The zero-order valence-corrected chi connectivity index (χ0v) is 26.5. The highest BCUT2D eigenvalue weighted by molar-refractivity contribution is 6.26. The van der Waals surface area contributed by atoms with Gasteiger partial charge in [0.15, 0.2) is 0 Å². The molecule has 228 valence electrons. The van der Waals surface area contributed by atoms with Crippen molar-refractivity contribution in [3.8, 4) is 22.5 Å². The molecule has 0 spiro atoms. The lowest BCUT2D eigenvalue weighted by atomic mass is 9.98.